The zero-order valence-electron chi connectivity index (χ0n) is 13.0. The Morgan fingerprint density at radius 2 is 1.79 bits per heavy atom. The third-order valence-electron chi connectivity index (χ3n) is 2.93. The molecule has 0 unspecified atom stereocenters. The van der Waals surface area contributed by atoms with Crippen LogP contribution >= 0.6 is 12.2 Å². The van der Waals surface area contributed by atoms with Crippen LogP contribution in [0, 0.1) is 0 Å². The van der Waals surface area contributed by atoms with E-state index in [1.807, 2.05) is 0 Å². The average molecular weight is 343 g/mol. The van der Waals surface area contributed by atoms with Crippen LogP contribution in [0.4, 0.5) is 11.4 Å². The number of hydrogen-bond donors (Lipinski definition) is 3. The first-order valence-electron chi connectivity index (χ1n) is 7.30. The van der Waals surface area contributed by atoms with Gasteiger partial charge in [0.2, 0.25) is 11.8 Å². The molecule has 6 nitrogen and oxygen atoms in total. The van der Waals surface area contributed by atoms with Crippen molar-refractivity contribution in [2.24, 2.45) is 0 Å². The molecule has 0 fully saturated rings. The largest absolute Gasteiger partial charge is 0.465 e. The molecule has 2 rings (SSSR count). The Hall–Kier alpha value is -2.93. The van der Waals surface area contributed by atoms with E-state index in [0.717, 1.165) is 0 Å². The summed E-state index contributed by atoms with van der Waals surface area (Å²) in [6, 6.07) is 10.5. The Balaban J connectivity index is 1.83. The van der Waals surface area contributed by atoms with E-state index in [-0.39, 0.29) is 16.9 Å². The van der Waals surface area contributed by atoms with Gasteiger partial charge in [-0.25, -0.2) is 0 Å². The van der Waals surface area contributed by atoms with Crippen LogP contribution in [0.1, 0.15) is 19.1 Å². The molecule has 1 heterocycles. The van der Waals surface area contributed by atoms with E-state index in [1.54, 1.807) is 49.4 Å². The normalized spacial score (nSPS) is 10.4. The summed E-state index contributed by atoms with van der Waals surface area (Å²) in [5.41, 5.74) is 1.40. The van der Waals surface area contributed by atoms with Gasteiger partial charge in [-0.2, -0.15) is 0 Å². The lowest BCUT2D eigenvalue weighted by molar-refractivity contribution is -0.116. The molecule has 3 N–H and O–H groups in total. The molecular weight excluding hydrogens is 326 g/mol. The summed E-state index contributed by atoms with van der Waals surface area (Å²) in [5.74, 6) is 0.159. The highest BCUT2D eigenvalue weighted by Crippen LogP contribution is 2.13. The molecule has 0 saturated heterocycles. The average Bonchev–Trinajstić information content (AvgIpc) is 3.08. The van der Waals surface area contributed by atoms with Gasteiger partial charge in [-0.1, -0.05) is 6.92 Å². The number of furan rings is 1. The maximum absolute atomic E-state index is 11.7. The Morgan fingerprint density at radius 1 is 1.12 bits per heavy atom. The van der Waals surface area contributed by atoms with Crippen LogP contribution in [0.25, 0.3) is 6.08 Å². The molecule has 0 aliphatic heterocycles. The van der Waals surface area contributed by atoms with Crippen LogP contribution < -0.4 is 16.0 Å². The van der Waals surface area contributed by atoms with Crippen molar-refractivity contribution in [1.29, 1.82) is 0 Å². The first-order valence-corrected chi connectivity index (χ1v) is 7.71. The Kier molecular flexibility index (Phi) is 6.27. The maximum Gasteiger partial charge on any atom is 0.250 e. The summed E-state index contributed by atoms with van der Waals surface area (Å²) in [4.78, 5) is 23.0. The lowest BCUT2D eigenvalue weighted by Crippen LogP contribution is -2.32. The Morgan fingerprint density at radius 3 is 2.38 bits per heavy atom. The lowest BCUT2D eigenvalue weighted by atomic mass is 10.2. The quantitative estimate of drug-likeness (QED) is 0.574. The molecular formula is C17H17N3O3S. The minimum Gasteiger partial charge on any atom is -0.465 e. The molecule has 124 valence electrons. The van der Waals surface area contributed by atoms with E-state index in [0.29, 0.717) is 23.6 Å². The van der Waals surface area contributed by atoms with Gasteiger partial charge >= 0.3 is 0 Å². The van der Waals surface area contributed by atoms with E-state index < -0.39 is 0 Å². The smallest absolute Gasteiger partial charge is 0.250 e. The summed E-state index contributed by atoms with van der Waals surface area (Å²) in [5, 5.41) is 8.34. The molecule has 24 heavy (non-hydrogen) atoms. The van der Waals surface area contributed by atoms with Gasteiger partial charge < -0.3 is 15.1 Å². The van der Waals surface area contributed by atoms with E-state index in [4.69, 9.17) is 16.6 Å². The topological polar surface area (TPSA) is 83.4 Å². The standard InChI is InChI=1S/C17H17N3O3S/c1-2-15(21)18-12-5-7-13(8-6-12)19-17(24)20-16(22)10-9-14-4-3-11-23-14/h3-11H,2H2,1H3,(H,18,21)(H2,19,20,22,24). The van der Waals surface area contributed by atoms with Gasteiger partial charge in [0.25, 0.3) is 0 Å². The van der Waals surface area contributed by atoms with E-state index in [9.17, 15) is 9.59 Å². The van der Waals surface area contributed by atoms with Crippen LogP contribution in [0.5, 0.6) is 0 Å². The van der Waals surface area contributed by atoms with Crippen molar-refractivity contribution in [1.82, 2.24) is 5.32 Å². The molecule has 1 aromatic heterocycles. The Labute approximate surface area is 144 Å². The summed E-state index contributed by atoms with van der Waals surface area (Å²) in [6.45, 7) is 1.78. The van der Waals surface area contributed by atoms with Crippen molar-refractivity contribution >= 4 is 46.6 Å². The van der Waals surface area contributed by atoms with E-state index in [1.165, 1.54) is 12.3 Å². The van der Waals surface area contributed by atoms with Crippen LogP contribution in [0.15, 0.2) is 53.2 Å². The molecule has 0 radical (unpaired) electrons. The van der Waals surface area contributed by atoms with E-state index in [2.05, 4.69) is 16.0 Å². The molecule has 0 aliphatic rings. The van der Waals surface area contributed by atoms with Crippen LogP contribution in [0.3, 0.4) is 0 Å². The number of rotatable bonds is 5. The van der Waals surface area contributed by atoms with Crippen molar-refractivity contribution in [3.63, 3.8) is 0 Å². The molecule has 0 bridgehead atoms. The minimum atomic E-state index is -0.365. The van der Waals surface area contributed by atoms with Crippen molar-refractivity contribution in [3.05, 3.63) is 54.5 Å². The molecule has 1 aromatic carbocycles. The highest BCUT2D eigenvalue weighted by atomic mass is 32.1. The fourth-order valence-corrected chi connectivity index (χ4v) is 1.96. The van der Waals surface area contributed by atoms with Crippen molar-refractivity contribution in [3.8, 4) is 0 Å². The SMILES string of the molecule is CCC(=O)Nc1ccc(NC(=S)NC(=O)C=Cc2ccco2)cc1. The van der Waals surface area contributed by atoms with Crippen molar-refractivity contribution in [2.75, 3.05) is 10.6 Å². The molecule has 0 spiro atoms. The van der Waals surface area contributed by atoms with Crippen LogP contribution in [0.2, 0.25) is 0 Å². The fraction of sp³-hybridized carbons (Fsp3) is 0.118. The molecule has 0 saturated carbocycles. The van der Waals surface area contributed by atoms with Gasteiger partial charge in [0.05, 0.1) is 6.26 Å². The van der Waals surface area contributed by atoms with Crippen molar-refractivity contribution < 1.29 is 14.0 Å². The number of amides is 2. The first-order chi connectivity index (χ1) is 11.6. The maximum atomic E-state index is 11.7. The highest BCUT2D eigenvalue weighted by Gasteiger charge is 2.03. The third-order valence-corrected chi connectivity index (χ3v) is 3.13. The minimum absolute atomic E-state index is 0.0539. The number of thiocarbonyl (C=S) groups is 1. The van der Waals surface area contributed by atoms with Gasteiger partial charge in [-0.3, -0.25) is 14.9 Å². The zero-order valence-corrected chi connectivity index (χ0v) is 13.9. The second-order valence-electron chi connectivity index (χ2n) is 4.77. The molecule has 2 aromatic rings. The molecule has 2 amide bonds. The van der Waals surface area contributed by atoms with Crippen LogP contribution in [-0.4, -0.2) is 16.9 Å². The zero-order chi connectivity index (χ0) is 17.4. The number of nitrogens with one attached hydrogen (secondary N) is 3. The van der Waals surface area contributed by atoms with Gasteiger partial charge in [0, 0.05) is 23.9 Å². The monoisotopic (exact) mass is 343 g/mol. The van der Waals surface area contributed by atoms with Gasteiger partial charge in [0.15, 0.2) is 5.11 Å². The van der Waals surface area contributed by atoms with Gasteiger partial charge in [0.1, 0.15) is 5.76 Å². The predicted octanol–water partition coefficient (Wildman–Crippen LogP) is 3.15. The number of anilines is 2. The summed E-state index contributed by atoms with van der Waals surface area (Å²) < 4.78 is 5.09. The third kappa shape index (κ3) is 5.69. The lowest BCUT2D eigenvalue weighted by Gasteiger charge is -2.09. The van der Waals surface area contributed by atoms with Gasteiger partial charge in [-0.05, 0) is 54.7 Å². The second kappa shape index (κ2) is 8.64. The summed E-state index contributed by atoms with van der Waals surface area (Å²) >= 11 is 5.08. The summed E-state index contributed by atoms with van der Waals surface area (Å²) in [7, 11) is 0. The van der Waals surface area contributed by atoms with Crippen LogP contribution in [-0.2, 0) is 9.59 Å². The molecule has 7 heteroatoms. The fourth-order valence-electron chi connectivity index (χ4n) is 1.75. The van der Waals surface area contributed by atoms with E-state index >= 15 is 0 Å². The molecule has 0 aliphatic carbocycles. The Bertz CT molecular complexity index is 737. The first kappa shape index (κ1) is 17.4. The molecule has 0 atom stereocenters. The van der Waals surface area contributed by atoms with Crippen molar-refractivity contribution in [2.45, 2.75) is 13.3 Å². The number of benzene rings is 1. The van der Waals surface area contributed by atoms with Gasteiger partial charge in [-0.15, -0.1) is 0 Å². The predicted molar refractivity (Wildman–Crippen MR) is 97.5 cm³/mol. The highest BCUT2D eigenvalue weighted by molar-refractivity contribution is 7.80. The number of carbonyl (C=O) groups excluding carboxylic acids is 2. The summed E-state index contributed by atoms with van der Waals surface area (Å²) in [6.07, 6.45) is 4.82. The number of carbonyl (C=O) groups is 2. The second-order valence-corrected chi connectivity index (χ2v) is 5.18. The number of hydrogen-bond acceptors (Lipinski definition) is 4.